The van der Waals surface area contributed by atoms with Crippen molar-refractivity contribution in [3.63, 3.8) is 0 Å². The number of amides is 1. The van der Waals surface area contributed by atoms with Gasteiger partial charge in [0.25, 0.3) is 0 Å². The maximum absolute atomic E-state index is 12.3. The summed E-state index contributed by atoms with van der Waals surface area (Å²) in [4.78, 5) is 25.9. The quantitative estimate of drug-likeness (QED) is 0.677. The second-order valence-electron chi connectivity index (χ2n) is 7.22. The lowest BCUT2D eigenvalue weighted by atomic mass is 10.1. The van der Waals surface area contributed by atoms with Crippen molar-refractivity contribution in [2.75, 3.05) is 42.5 Å². The van der Waals surface area contributed by atoms with Crippen molar-refractivity contribution >= 4 is 17.5 Å². The summed E-state index contributed by atoms with van der Waals surface area (Å²) in [7, 11) is 0. The summed E-state index contributed by atoms with van der Waals surface area (Å²) in [5.74, 6) is 1.84. The first-order chi connectivity index (χ1) is 13.7. The number of aromatic nitrogens is 2. The number of rotatable bonds is 5. The first-order valence-corrected chi connectivity index (χ1v) is 9.74. The number of anilines is 2. The van der Waals surface area contributed by atoms with Crippen LogP contribution >= 0.6 is 0 Å². The molecule has 2 saturated heterocycles. The van der Waals surface area contributed by atoms with E-state index in [9.17, 15) is 9.90 Å². The molecular weight excluding hydrogens is 356 g/mol. The lowest BCUT2D eigenvalue weighted by Crippen LogP contribution is -2.47. The summed E-state index contributed by atoms with van der Waals surface area (Å²) >= 11 is 0. The summed E-state index contributed by atoms with van der Waals surface area (Å²) in [6.45, 7) is 4.36. The van der Waals surface area contributed by atoms with Crippen LogP contribution in [0.3, 0.4) is 0 Å². The molecule has 0 bridgehead atoms. The third-order valence-electron chi connectivity index (χ3n) is 5.30. The summed E-state index contributed by atoms with van der Waals surface area (Å²) in [5, 5.41) is 15.6. The van der Waals surface area contributed by atoms with Gasteiger partial charge in [-0.15, -0.1) is 0 Å². The molecule has 0 spiro atoms. The van der Waals surface area contributed by atoms with Gasteiger partial charge in [-0.3, -0.25) is 4.79 Å². The molecule has 2 aliphatic rings. The molecule has 148 valence electrons. The van der Waals surface area contributed by atoms with Gasteiger partial charge < -0.3 is 25.5 Å². The van der Waals surface area contributed by atoms with Gasteiger partial charge in [-0.2, -0.15) is 0 Å². The molecule has 2 fully saturated rings. The molecule has 1 amide bonds. The Bertz CT molecular complexity index is 794. The number of aliphatic hydroxyl groups is 1. The number of piperazine rings is 1. The van der Waals surface area contributed by atoms with Gasteiger partial charge in [0.2, 0.25) is 5.91 Å². The minimum absolute atomic E-state index is 0.0775. The van der Waals surface area contributed by atoms with Crippen LogP contribution in [0.1, 0.15) is 12.0 Å². The van der Waals surface area contributed by atoms with Crippen molar-refractivity contribution in [1.82, 2.24) is 20.6 Å². The number of carbonyl (C=O) groups excluding carboxylic acids is 1. The number of carbonyl (C=O) groups is 1. The van der Waals surface area contributed by atoms with Crippen LogP contribution in [-0.2, 0) is 11.3 Å². The second-order valence-corrected chi connectivity index (χ2v) is 7.22. The zero-order chi connectivity index (χ0) is 19.3. The predicted octanol–water partition coefficient (Wildman–Crippen LogP) is 0.142. The lowest BCUT2D eigenvalue weighted by Gasteiger charge is -2.36. The van der Waals surface area contributed by atoms with Crippen molar-refractivity contribution in [1.29, 1.82) is 0 Å². The Morgan fingerprint density at radius 3 is 2.61 bits per heavy atom. The fourth-order valence-electron chi connectivity index (χ4n) is 3.76. The van der Waals surface area contributed by atoms with Crippen LogP contribution < -0.4 is 20.4 Å². The molecule has 4 rings (SSSR count). The third kappa shape index (κ3) is 4.23. The van der Waals surface area contributed by atoms with E-state index in [-0.39, 0.29) is 11.9 Å². The Kier molecular flexibility index (Phi) is 5.68. The smallest absolute Gasteiger partial charge is 0.237 e. The minimum atomic E-state index is -0.444. The normalized spacial score (nSPS) is 22.3. The van der Waals surface area contributed by atoms with E-state index in [1.165, 1.54) is 0 Å². The molecule has 8 nitrogen and oxygen atoms in total. The van der Waals surface area contributed by atoms with Gasteiger partial charge in [-0.25, -0.2) is 9.97 Å². The predicted molar refractivity (Wildman–Crippen MR) is 107 cm³/mol. The molecule has 2 atom stereocenters. The van der Waals surface area contributed by atoms with E-state index in [0.29, 0.717) is 19.5 Å². The summed E-state index contributed by atoms with van der Waals surface area (Å²) in [6, 6.07) is 9.54. The van der Waals surface area contributed by atoms with Crippen molar-refractivity contribution in [2.24, 2.45) is 0 Å². The molecule has 28 heavy (non-hydrogen) atoms. The van der Waals surface area contributed by atoms with Crippen LogP contribution in [0.2, 0.25) is 0 Å². The van der Waals surface area contributed by atoms with E-state index in [2.05, 4.69) is 30.4 Å². The summed E-state index contributed by atoms with van der Waals surface area (Å²) in [5.41, 5.74) is 1.00. The van der Waals surface area contributed by atoms with Gasteiger partial charge in [0, 0.05) is 57.2 Å². The van der Waals surface area contributed by atoms with Crippen molar-refractivity contribution in [2.45, 2.75) is 25.1 Å². The SMILES string of the molecule is O=C(NCc1cccnc1N1CCN(c2ccccn2)CC1)[C@@H]1C[C@@H](O)CN1. The average Bonchev–Trinajstić information content (AvgIpc) is 3.19. The average molecular weight is 382 g/mol. The molecule has 3 N–H and O–H groups in total. The highest BCUT2D eigenvalue weighted by molar-refractivity contribution is 5.82. The Morgan fingerprint density at radius 1 is 1.11 bits per heavy atom. The zero-order valence-corrected chi connectivity index (χ0v) is 15.8. The van der Waals surface area contributed by atoms with Crippen molar-refractivity contribution < 1.29 is 9.90 Å². The highest BCUT2D eigenvalue weighted by Crippen LogP contribution is 2.21. The van der Waals surface area contributed by atoms with E-state index in [0.717, 1.165) is 43.4 Å². The highest BCUT2D eigenvalue weighted by Gasteiger charge is 2.28. The molecule has 2 aromatic heterocycles. The van der Waals surface area contributed by atoms with Crippen LogP contribution in [0, 0.1) is 0 Å². The van der Waals surface area contributed by atoms with Gasteiger partial charge in [-0.1, -0.05) is 12.1 Å². The maximum atomic E-state index is 12.3. The van der Waals surface area contributed by atoms with Gasteiger partial charge in [0.05, 0.1) is 12.1 Å². The molecule has 0 saturated carbocycles. The molecule has 0 aromatic carbocycles. The fourth-order valence-corrected chi connectivity index (χ4v) is 3.76. The molecule has 2 aliphatic heterocycles. The zero-order valence-electron chi connectivity index (χ0n) is 15.8. The first kappa shape index (κ1) is 18.6. The standard InChI is InChI=1S/C20H26N6O2/c27-16-12-17(23-14-16)20(28)24-13-15-4-3-7-22-19(15)26-10-8-25(9-11-26)18-5-1-2-6-21-18/h1-7,16-17,23,27H,8-14H2,(H,24,28)/t16-,17+/m1/s1. The van der Waals surface area contributed by atoms with Gasteiger partial charge in [0.15, 0.2) is 0 Å². The maximum Gasteiger partial charge on any atom is 0.237 e. The summed E-state index contributed by atoms with van der Waals surface area (Å²) < 4.78 is 0. The monoisotopic (exact) mass is 382 g/mol. The molecule has 2 aromatic rings. The molecule has 4 heterocycles. The van der Waals surface area contributed by atoms with E-state index >= 15 is 0 Å². The first-order valence-electron chi connectivity index (χ1n) is 9.74. The largest absolute Gasteiger partial charge is 0.392 e. The van der Waals surface area contributed by atoms with Crippen molar-refractivity contribution in [3.05, 3.63) is 48.3 Å². The van der Waals surface area contributed by atoms with Gasteiger partial charge in [-0.05, 0) is 24.6 Å². The van der Waals surface area contributed by atoms with Crippen LogP contribution in [-0.4, -0.2) is 65.9 Å². The van der Waals surface area contributed by atoms with E-state index in [1.807, 2.05) is 36.5 Å². The number of nitrogens with zero attached hydrogens (tertiary/aromatic N) is 4. The van der Waals surface area contributed by atoms with Crippen LogP contribution in [0.25, 0.3) is 0 Å². The number of nitrogens with one attached hydrogen (secondary N) is 2. The topological polar surface area (TPSA) is 93.6 Å². The summed E-state index contributed by atoms with van der Waals surface area (Å²) in [6.07, 6.45) is 3.63. The Morgan fingerprint density at radius 2 is 1.89 bits per heavy atom. The van der Waals surface area contributed by atoms with Crippen molar-refractivity contribution in [3.8, 4) is 0 Å². The van der Waals surface area contributed by atoms with Crippen LogP contribution in [0.4, 0.5) is 11.6 Å². The number of aliphatic hydroxyl groups excluding tert-OH is 1. The Labute approximate surface area is 164 Å². The number of hydrogen-bond donors (Lipinski definition) is 3. The number of β-amino-alcohol motifs (C(OH)–C–C–N with tert-alkyl or cyclic N) is 1. The Hall–Kier alpha value is -2.71. The minimum Gasteiger partial charge on any atom is -0.392 e. The van der Waals surface area contributed by atoms with Crippen LogP contribution in [0.15, 0.2) is 42.7 Å². The molecular formula is C20H26N6O2. The fraction of sp³-hybridized carbons (Fsp3) is 0.450. The number of pyridine rings is 2. The van der Waals surface area contributed by atoms with Gasteiger partial charge in [0.1, 0.15) is 11.6 Å². The van der Waals surface area contributed by atoms with Gasteiger partial charge >= 0.3 is 0 Å². The molecule has 0 aliphatic carbocycles. The van der Waals surface area contributed by atoms with E-state index in [1.54, 1.807) is 6.20 Å². The third-order valence-corrected chi connectivity index (χ3v) is 5.30. The van der Waals surface area contributed by atoms with Crippen LogP contribution in [0.5, 0.6) is 0 Å². The molecule has 8 heteroatoms. The Balaban J connectivity index is 1.36. The second kappa shape index (κ2) is 8.53. The molecule has 0 unspecified atom stereocenters. The van der Waals surface area contributed by atoms with E-state index in [4.69, 9.17) is 0 Å². The van der Waals surface area contributed by atoms with E-state index < -0.39 is 6.10 Å². The number of hydrogen-bond acceptors (Lipinski definition) is 7. The lowest BCUT2D eigenvalue weighted by molar-refractivity contribution is -0.123. The molecule has 0 radical (unpaired) electrons. The highest BCUT2D eigenvalue weighted by atomic mass is 16.3.